The van der Waals surface area contributed by atoms with Crippen LogP contribution in [0, 0.1) is 0 Å². The van der Waals surface area contributed by atoms with Crippen molar-refractivity contribution in [3.05, 3.63) is 75.9 Å². The quantitative estimate of drug-likeness (QED) is 0.505. The topological polar surface area (TPSA) is 29.5 Å². The van der Waals surface area contributed by atoms with Crippen molar-refractivity contribution in [2.45, 2.75) is 23.6 Å². The van der Waals surface area contributed by atoms with Crippen molar-refractivity contribution in [2.24, 2.45) is 0 Å². The molecule has 2 aromatic carbocycles. The maximum atomic E-state index is 9.96. The van der Waals surface area contributed by atoms with E-state index in [4.69, 9.17) is 4.74 Å². The van der Waals surface area contributed by atoms with Crippen LogP contribution in [-0.4, -0.2) is 38.7 Å². The molecule has 0 amide bonds. The summed E-state index contributed by atoms with van der Waals surface area (Å²) in [6.45, 7) is 1.24. The summed E-state index contributed by atoms with van der Waals surface area (Å²) in [6, 6.07) is 20.4. The number of aliphatic hydroxyl groups excluding tert-OH is 1. The van der Waals surface area contributed by atoms with E-state index in [0.29, 0.717) is 13.2 Å². The van der Waals surface area contributed by atoms with Gasteiger partial charge in [-0.2, -0.15) is 0 Å². The van der Waals surface area contributed by atoms with E-state index in [-0.39, 0.29) is 27.0 Å². The fraction of sp³-hybridized carbons (Fsp3) is 0.263. The van der Waals surface area contributed by atoms with Crippen LogP contribution >= 0.6 is 0 Å². The van der Waals surface area contributed by atoms with Crippen molar-refractivity contribution in [2.75, 3.05) is 6.61 Å². The Morgan fingerprint density at radius 1 is 1.00 bits per heavy atom. The number of ether oxygens (including phenoxy) is 1. The Morgan fingerprint density at radius 3 is 2.41 bits per heavy atom. The van der Waals surface area contributed by atoms with Crippen molar-refractivity contribution in [1.82, 2.24) is 0 Å². The zero-order chi connectivity index (χ0) is 15.5. The Bertz CT molecular complexity index is 540. The molecular formula is C19H22O2Te. The molecule has 0 aromatic heterocycles. The molecule has 0 bridgehead atoms. The molecule has 2 aromatic rings. The second-order valence-corrected chi connectivity index (χ2v) is 7.71. The second kappa shape index (κ2) is 10.6. The summed E-state index contributed by atoms with van der Waals surface area (Å²) in [5.41, 5.74) is 2.41. The van der Waals surface area contributed by atoms with E-state index < -0.39 is 0 Å². The fourth-order valence-corrected chi connectivity index (χ4v) is 4.07. The molecule has 3 heteroatoms. The SMILES string of the molecule is OC(CCOCc1ccccc1)C[Te]/C=C\c1ccccc1. The number of benzene rings is 2. The van der Waals surface area contributed by atoms with Crippen LogP contribution < -0.4 is 0 Å². The van der Waals surface area contributed by atoms with Crippen molar-refractivity contribution in [1.29, 1.82) is 0 Å². The van der Waals surface area contributed by atoms with Crippen LogP contribution in [-0.2, 0) is 11.3 Å². The van der Waals surface area contributed by atoms with E-state index >= 15 is 0 Å². The summed E-state index contributed by atoms with van der Waals surface area (Å²) in [4.78, 5) is 0. The number of aliphatic hydroxyl groups is 1. The first-order chi connectivity index (χ1) is 10.8. The molecule has 0 saturated carbocycles. The third-order valence-electron chi connectivity index (χ3n) is 3.15. The second-order valence-electron chi connectivity index (χ2n) is 5.03. The molecule has 0 aliphatic rings. The van der Waals surface area contributed by atoms with Crippen molar-refractivity contribution in [3.8, 4) is 0 Å². The average molecular weight is 410 g/mol. The normalized spacial score (nSPS) is 12.6. The first-order valence-electron chi connectivity index (χ1n) is 7.47. The molecule has 0 aliphatic carbocycles. The van der Waals surface area contributed by atoms with Gasteiger partial charge in [0.15, 0.2) is 0 Å². The van der Waals surface area contributed by atoms with Gasteiger partial charge in [0, 0.05) is 0 Å². The van der Waals surface area contributed by atoms with Gasteiger partial charge in [0.2, 0.25) is 0 Å². The van der Waals surface area contributed by atoms with E-state index in [1.165, 1.54) is 11.1 Å². The molecule has 116 valence electrons. The molecule has 0 spiro atoms. The van der Waals surface area contributed by atoms with Gasteiger partial charge in [0.1, 0.15) is 0 Å². The van der Waals surface area contributed by atoms with Crippen LogP contribution in [0.2, 0.25) is 4.47 Å². The summed E-state index contributed by atoms with van der Waals surface area (Å²) in [6.07, 6.45) is 2.64. The molecule has 1 unspecified atom stereocenters. The Labute approximate surface area is 142 Å². The first kappa shape index (κ1) is 17.2. The van der Waals surface area contributed by atoms with Crippen LogP contribution in [0.5, 0.6) is 0 Å². The Balaban J connectivity index is 1.54. The van der Waals surface area contributed by atoms with Gasteiger partial charge < -0.3 is 0 Å². The van der Waals surface area contributed by atoms with E-state index in [2.05, 4.69) is 34.5 Å². The standard InChI is InChI=1S/C19H22O2Te/c20-19(11-13-21-15-18-9-5-2-6-10-18)16-22-14-12-17-7-3-1-4-8-17/h1-10,12,14,19-20H,11,13,15-16H2/b14-12-. The molecule has 0 saturated heterocycles. The summed E-state index contributed by atoms with van der Waals surface area (Å²) in [5, 5.41) is 9.96. The molecule has 2 nitrogen and oxygen atoms in total. The monoisotopic (exact) mass is 412 g/mol. The third-order valence-corrected chi connectivity index (χ3v) is 5.74. The summed E-state index contributed by atoms with van der Waals surface area (Å²) >= 11 is -0.272. The maximum absolute atomic E-state index is 9.96. The van der Waals surface area contributed by atoms with E-state index in [1.54, 1.807) is 0 Å². The van der Waals surface area contributed by atoms with Gasteiger partial charge >= 0.3 is 143 Å². The number of hydrogen-bond donors (Lipinski definition) is 1. The first-order valence-corrected chi connectivity index (χ1v) is 10.5. The van der Waals surface area contributed by atoms with Gasteiger partial charge in [-0.05, 0) is 0 Å². The zero-order valence-corrected chi connectivity index (χ0v) is 14.9. The van der Waals surface area contributed by atoms with Crippen molar-refractivity contribution in [3.63, 3.8) is 0 Å². The molecule has 1 N–H and O–H groups in total. The molecule has 0 heterocycles. The molecule has 0 aliphatic heterocycles. The van der Waals surface area contributed by atoms with Crippen LogP contribution in [0.1, 0.15) is 17.5 Å². The van der Waals surface area contributed by atoms with Gasteiger partial charge in [-0.25, -0.2) is 0 Å². The van der Waals surface area contributed by atoms with E-state index in [9.17, 15) is 5.11 Å². The number of rotatable bonds is 9. The average Bonchev–Trinajstić information content (AvgIpc) is 2.57. The van der Waals surface area contributed by atoms with E-state index in [1.807, 2.05) is 36.4 Å². The summed E-state index contributed by atoms with van der Waals surface area (Å²) < 4.78 is 8.75. The van der Waals surface area contributed by atoms with Crippen LogP contribution in [0.4, 0.5) is 0 Å². The number of hydrogen-bond acceptors (Lipinski definition) is 2. The molecule has 0 radical (unpaired) electrons. The summed E-state index contributed by atoms with van der Waals surface area (Å²) in [7, 11) is 0. The van der Waals surface area contributed by atoms with Crippen molar-refractivity contribution < 1.29 is 9.84 Å². The van der Waals surface area contributed by atoms with E-state index in [0.717, 1.165) is 10.9 Å². The van der Waals surface area contributed by atoms with Gasteiger partial charge in [-0.3, -0.25) is 0 Å². The molecular weight excluding hydrogens is 388 g/mol. The minimum absolute atomic E-state index is 0.237. The van der Waals surface area contributed by atoms with Gasteiger partial charge in [-0.15, -0.1) is 0 Å². The van der Waals surface area contributed by atoms with Gasteiger partial charge in [-0.1, -0.05) is 0 Å². The fourth-order valence-electron chi connectivity index (χ4n) is 1.92. The van der Waals surface area contributed by atoms with Crippen LogP contribution in [0.25, 0.3) is 6.08 Å². The van der Waals surface area contributed by atoms with Gasteiger partial charge in [0.05, 0.1) is 0 Å². The molecule has 2 rings (SSSR count). The minimum atomic E-state index is -0.272. The van der Waals surface area contributed by atoms with Crippen LogP contribution in [0.15, 0.2) is 64.8 Å². The Morgan fingerprint density at radius 2 is 1.68 bits per heavy atom. The van der Waals surface area contributed by atoms with Crippen molar-refractivity contribution >= 4 is 27.0 Å². The van der Waals surface area contributed by atoms with Crippen LogP contribution in [0.3, 0.4) is 0 Å². The summed E-state index contributed by atoms with van der Waals surface area (Å²) in [5.74, 6) is 0. The molecule has 1 atom stereocenters. The molecule has 22 heavy (non-hydrogen) atoms. The predicted octanol–water partition coefficient (Wildman–Crippen LogP) is 3.75. The predicted molar refractivity (Wildman–Crippen MR) is 92.8 cm³/mol. The third kappa shape index (κ3) is 7.24. The Kier molecular flexibility index (Phi) is 8.30. The Hall–Kier alpha value is -1.11. The van der Waals surface area contributed by atoms with Gasteiger partial charge in [0.25, 0.3) is 0 Å². The molecule has 0 fully saturated rings. The zero-order valence-electron chi connectivity index (χ0n) is 12.6.